The van der Waals surface area contributed by atoms with Gasteiger partial charge in [0.2, 0.25) is 0 Å². The molecule has 17 heavy (non-hydrogen) atoms. The van der Waals surface area contributed by atoms with E-state index in [4.69, 9.17) is 29.8 Å². The zero-order valence-electron chi connectivity index (χ0n) is 8.75. The average molecular weight is 266 g/mol. The summed E-state index contributed by atoms with van der Waals surface area (Å²) in [5, 5.41) is 0.998. The molecule has 0 unspecified atom stereocenters. The molecule has 0 saturated heterocycles. The zero-order chi connectivity index (χ0) is 12.4. The van der Waals surface area contributed by atoms with Crippen LogP contribution in [0.15, 0.2) is 36.4 Å². The van der Waals surface area contributed by atoms with Crippen molar-refractivity contribution in [2.75, 3.05) is 0 Å². The van der Waals surface area contributed by atoms with Crippen molar-refractivity contribution in [3.8, 4) is 11.1 Å². The zero-order valence-corrected chi connectivity index (χ0v) is 10.3. The van der Waals surface area contributed by atoms with Gasteiger partial charge in [0.15, 0.2) is 0 Å². The predicted molar refractivity (Wildman–Crippen MR) is 70.6 cm³/mol. The molecule has 2 rings (SSSR count). The molecule has 1 radical (unpaired) electrons. The van der Waals surface area contributed by atoms with Crippen LogP contribution in [-0.4, -0.2) is 0 Å². The van der Waals surface area contributed by atoms with Crippen LogP contribution in [0.5, 0.6) is 0 Å². The fourth-order valence-corrected chi connectivity index (χ4v) is 2.26. The summed E-state index contributed by atoms with van der Waals surface area (Å²) in [6, 6.07) is 9.40. The highest BCUT2D eigenvalue weighted by molar-refractivity contribution is 6.37. The number of hydrogen-bond acceptors (Lipinski definition) is 0. The van der Waals surface area contributed by atoms with Crippen LogP contribution < -0.4 is 0 Å². The Labute approximate surface area is 109 Å². The van der Waals surface area contributed by atoms with Gasteiger partial charge in [-0.3, -0.25) is 0 Å². The molecule has 0 atom stereocenters. The Kier molecular flexibility index (Phi) is 3.51. The van der Waals surface area contributed by atoms with Gasteiger partial charge in [-0.15, -0.1) is 0 Å². The minimum absolute atomic E-state index is 0.294. The van der Waals surface area contributed by atoms with Gasteiger partial charge in [-0.25, -0.2) is 4.39 Å². The summed E-state index contributed by atoms with van der Waals surface area (Å²) in [5.41, 5.74) is 2.26. The van der Waals surface area contributed by atoms with Crippen LogP contribution in [0, 0.1) is 12.4 Å². The summed E-state index contributed by atoms with van der Waals surface area (Å²) >= 11 is 12.0. The maximum absolute atomic E-state index is 12.9. The second kappa shape index (κ2) is 4.91. The second-order valence-corrected chi connectivity index (χ2v) is 4.37. The van der Waals surface area contributed by atoms with Crippen molar-refractivity contribution in [2.24, 2.45) is 0 Å². The third kappa shape index (κ3) is 2.51. The molecule has 0 amide bonds. The first kappa shape index (κ1) is 12.2. The number of benzene rings is 2. The van der Waals surface area contributed by atoms with Crippen molar-refractivity contribution in [1.29, 1.82) is 0 Å². The van der Waals surface area contributed by atoms with Crippen LogP contribution >= 0.6 is 23.2 Å². The smallest absolute Gasteiger partial charge is 0.123 e. The molecule has 0 heterocycles. The van der Waals surface area contributed by atoms with E-state index < -0.39 is 0 Å². The Morgan fingerprint density at radius 1 is 1.06 bits per heavy atom. The van der Waals surface area contributed by atoms with Crippen molar-refractivity contribution < 1.29 is 4.39 Å². The first-order valence-corrected chi connectivity index (χ1v) is 5.67. The van der Waals surface area contributed by atoms with Gasteiger partial charge in [0.25, 0.3) is 0 Å². The lowest BCUT2D eigenvalue weighted by Gasteiger charge is -2.09. The maximum atomic E-state index is 12.9. The van der Waals surface area contributed by atoms with E-state index in [0.29, 0.717) is 15.6 Å². The summed E-state index contributed by atoms with van der Waals surface area (Å²) in [6.45, 7) is 5.54. The molecule has 0 nitrogen and oxygen atoms in total. The molecule has 0 bridgehead atoms. The third-order valence-electron chi connectivity index (χ3n) is 2.40. The van der Waals surface area contributed by atoms with Crippen LogP contribution in [0.25, 0.3) is 17.2 Å². The molecule has 0 N–H and O–H groups in total. The van der Waals surface area contributed by atoms with Crippen LogP contribution in [0.1, 0.15) is 5.56 Å². The van der Waals surface area contributed by atoms with Crippen molar-refractivity contribution in [3.63, 3.8) is 0 Å². The lowest BCUT2D eigenvalue weighted by molar-refractivity contribution is 0.628. The molecule has 0 saturated carbocycles. The second-order valence-electron chi connectivity index (χ2n) is 3.53. The van der Waals surface area contributed by atoms with Crippen molar-refractivity contribution in [1.82, 2.24) is 0 Å². The van der Waals surface area contributed by atoms with E-state index in [-0.39, 0.29) is 5.82 Å². The normalized spacial score (nSPS) is 10.3. The van der Waals surface area contributed by atoms with E-state index in [2.05, 4.69) is 0 Å². The van der Waals surface area contributed by atoms with Gasteiger partial charge in [0, 0.05) is 10.6 Å². The lowest BCUT2D eigenvalue weighted by Crippen LogP contribution is -1.86. The van der Waals surface area contributed by atoms with E-state index in [1.165, 1.54) is 18.2 Å². The number of rotatable bonds is 2. The first-order chi connectivity index (χ1) is 8.11. The van der Waals surface area contributed by atoms with Gasteiger partial charge in [-0.2, -0.15) is 0 Å². The van der Waals surface area contributed by atoms with Crippen LogP contribution in [0.3, 0.4) is 0 Å². The Hall–Kier alpha value is -1.31. The highest BCUT2D eigenvalue weighted by Crippen LogP contribution is 2.34. The summed E-state index contributed by atoms with van der Waals surface area (Å²) in [7, 11) is 0. The third-order valence-corrected chi connectivity index (χ3v) is 2.91. The molecule has 3 heteroatoms. The van der Waals surface area contributed by atoms with E-state index in [1.54, 1.807) is 24.3 Å². The molecule has 2 aromatic carbocycles. The Morgan fingerprint density at radius 2 is 1.71 bits per heavy atom. The van der Waals surface area contributed by atoms with Crippen molar-refractivity contribution in [3.05, 3.63) is 64.4 Å². The molecule has 0 aliphatic carbocycles. The monoisotopic (exact) mass is 265 g/mol. The van der Waals surface area contributed by atoms with E-state index in [1.807, 2.05) is 0 Å². The Morgan fingerprint density at radius 3 is 2.29 bits per heavy atom. The Bertz CT molecular complexity index is 559. The molecule has 0 fully saturated rings. The summed E-state index contributed by atoms with van der Waals surface area (Å²) in [6.07, 6.45) is 1.43. The van der Waals surface area contributed by atoms with Crippen molar-refractivity contribution in [2.45, 2.75) is 0 Å². The number of halogens is 3. The molecule has 85 valence electrons. The lowest BCUT2D eigenvalue weighted by atomic mass is 9.99. The molecule has 0 aliphatic heterocycles. The van der Waals surface area contributed by atoms with Crippen LogP contribution in [-0.2, 0) is 0 Å². The maximum Gasteiger partial charge on any atom is 0.123 e. The fraction of sp³-hybridized carbons (Fsp3) is 0. The van der Waals surface area contributed by atoms with E-state index >= 15 is 0 Å². The van der Waals surface area contributed by atoms with Crippen molar-refractivity contribution >= 4 is 29.3 Å². The minimum Gasteiger partial charge on any atom is -0.207 e. The van der Waals surface area contributed by atoms with Crippen LogP contribution in [0.2, 0.25) is 10.0 Å². The largest absolute Gasteiger partial charge is 0.207 e. The van der Waals surface area contributed by atoms with Gasteiger partial charge in [0.05, 0.1) is 5.02 Å². The molecule has 0 aromatic heterocycles. The topological polar surface area (TPSA) is 0 Å². The van der Waals surface area contributed by atoms with Gasteiger partial charge in [0.1, 0.15) is 5.82 Å². The quantitative estimate of drug-likeness (QED) is 0.696. The predicted octanol–water partition coefficient (Wildman–Crippen LogP) is 5.25. The molecule has 0 aliphatic rings. The first-order valence-electron chi connectivity index (χ1n) is 4.92. The minimum atomic E-state index is -0.294. The summed E-state index contributed by atoms with van der Waals surface area (Å²) in [5.74, 6) is -0.294. The summed E-state index contributed by atoms with van der Waals surface area (Å²) < 4.78 is 12.9. The van der Waals surface area contributed by atoms with Gasteiger partial charge in [-0.05, 0) is 35.4 Å². The molecule has 2 aromatic rings. The Balaban J connectivity index is 2.65. The SMILES string of the molecule is [CH]=Cc1cc(Cl)cc(Cl)c1-c1ccc(F)cc1. The molecular weight excluding hydrogens is 258 g/mol. The van der Waals surface area contributed by atoms with E-state index in [0.717, 1.165) is 11.1 Å². The average Bonchev–Trinajstić information content (AvgIpc) is 2.30. The number of hydrogen-bond donors (Lipinski definition) is 0. The van der Waals surface area contributed by atoms with E-state index in [9.17, 15) is 4.39 Å². The van der Waals surface area contributed by atoms with Gasteiger partial charge in [-0.1, -0.05) is 48.0 Å². The van der Waals surface area contributed by atoms with Gasteiger partial charge < -0.3 is 0 Å². The highest BCUT2D eigenvalue weighted by atomic mass is 35.5. The molecular formula is C14H8Cl2F. The summed E-state index contributed by atoms with van der Waals surface area (Å²) in [4.78, 5) is 0. The van der Waals surface area contributed by atoms with Crippen LogP contribution in [0.4, 0.5) is 4.39 Å². The standard InChI is InChI=1S/C14H8Cl2F/c1-2-9-7-11(15)8-13(16)14(9)10-3-5-12(17)6-4-10/h1-8H. The van der Waals surface area contributed by atoms with Gasteiger partial charge >= 0.3 is 0 Å². The fourth-order valence-electron chi connectivity index (χ4n) is 1.65. The highest BCUT2D eigenvalue weighted by Gasteiger charge is 2.09. The molecule has 0 spiro atoms.